The molecule has 0 amide bonds. The van der Waals surface area contributed by atoms with E-state index in [0.29, 0.717) is 5.56 Å². The number of aromatic amines is 1. The number of hydrogen-bond acceptors (Lipinski definition) is 3. The fraction of sp³-hybridized carbons (Fsp3) is 0.211. The molecule has 0 atom stereocenters. The van der Waals surface area contributed by atoms with Gasteiger partial charge in [0.05, 0.1) is 10.5 Å². The Kier molecular flexibility index (Phi) is 5.18. The zero-order chi connectivity index (χ0) is 18.9. The second kappa shape index (κ2) is 7.23. The van der Waals surface area contributed by atoms with E-state index >= 15 is 0 Å². The monoisotopic (exact) mass is 390 g/mol. The van der Waals surface area contributed by atoms with Crippen molar-refractivity contribution in [1.29, 1.82) is 0 Å². The van der Waals surface area contributed by atoms with E-state index in [1.165, 1.54) is 12.1 Å². The zero-order valence-corrected chi connectivity index (χ0v) is 16.0. The van der Waals surface area contributed by atoms with Crippen molar-refractivity contribution < 1.29 is 8.42 Å². The van der Waals surface area contributed by atoms with Gasteiger partial charge in [-0.2, -0.15) is 0 Å². The van der Waals surface area contributed by atoms with Crippen LogP contribution in [0.1, 0.15) is 16.7 Å². The van der Waals surface area contributed by atoms with Gasteiger partial charge in [-0.3, -0.25) is 4.79 Å². The number of halogens is 1. The van der Waals surface area contributed by atoms with Crippen LogP contribution in [0.25, 0.3) is 10.9 Å². The number of sulfonamides is 1. The van der Waals surface area contributed by atoms with Gasteiger partial charge in [0.25, 0.3) is 5.56 Å². The molecule has 0 radical (unpaired) electrons. The fourth-order valence-electron chi connectivity index (χ4n) is 2.82. The van der Waals surface area contributed by atoms with Crippen LogP contribution in [0.15, 0.2) is 52.2 Å². The largest absolute Gasteiger partial charge is 0.321 e. The Labute approximate surface area is 157 Å². The van der Waals surface area contributed by atoms with Gasteiger partial charge in [0.2, 0.25) is 10.0 Å². The first-order valence-electron chi connectivity index (χ1n) is 8.16. The average molecular weight is 391 g/mol. The third kappa shape index (κ3) is 3.67. The van der Waals surface area contributed by atoms with Crippen LogP contribution in [0.2, 0.25) is 5.02 Å². The van der Waals surface area contributed by atoms with E-state index < -0.39 is 10.0 Å². The highest BCUT2D eigenvalue weighted by atomic mass is 35.5. The summed E-state index contributed by atoms with van der Waals surface area (Å²) < 4.78 is 27.2. The first-order chi connectivity index (χ1) is 12.3. The Balaban J connectivity index is 1.80. The van der Waals surface area contributed by atoms with E-state index in [2.05, 4.69) is 9.71 Å². The van der Waals surface area contributed by atoms with E-state index in [-0.39, 0.29) is 28.4 Å². The molecule has 3 aromatic rings. The van der Waals surface area contributed by atoms with Crippen molar-refractivity contribution in [2.24, 2.45) is 0 Å². The molecule has 0 saturated carbocycles. The van der Waals surface area contributed by atoms with Crippen LogP contribution in [0.3, 0.4) is 0 Å². The third-order valence-electron chi connectivity index (χ3n) is 4.44. The molecule has 1 heterocycles. The Hall–Kier alpha value is -2.15. The van der Waals surface area contributed by atoms with Crippen molar-refractivity contribution in [2.45, 2.75) is 25.2 Å². The van der Waals surface area contributed by atoms with Gasteiger partial charge < -0.3 is 4.98 Å². The Morgan fingerprint density at radius 3 is 2.58 bits per heavy atom. The summed E-state index contributed by atoms with van der Waals surface area (Å²) in [4.78, 5) is 15.3. The first-order valence-corrected chi connectivity index (χ1v) is 10.0. The number of rotatable bonds is 5. The van der Waals surface area contributed by atoms with Crippen LogP contribution < -0.4 is 10.3 Å². The van der Waals surface area contributed by atoms with Gasteiger partial charge in [0, 0.05) is 12.1 Å². The van der Waals surface area contributed by atoms with Gasteiger partial charge >= 0.3 is 0 Å². The van der Waals surface area contributed by atoms with Crippen LogP contribution in [0.4, 0.5) is 0 Å². The number of pyridine rings is 1. The first kappa shape index (κ1) is 18.6. The molecule has 26 heavy (non-hydrogen) atoms. The molecule has 0 unspecified atom stereocenters. The SMILES string of the molecule is Cc1ccc2cc(CCNS(=O)(=O)c3ccccc3Cl)c(=O)[nH]c2c1C. The number of benzene rings is 2. The summed E-state index contributed by atoms with van der Waals surface area (Å²) in [5.41, 5.74) is 3.28. The molecule has 0 fully saturated rings. The van der Waals surface area contributed by atoms with Crippen molar-refractivity contribution in [1.82, 2.24) is 9.71 Å². The number of nitrogens with one attached hydrogen (secondary N) is 2. The molecule has 7 heteroatoms. The summed E-state index contributed by atoms with van der Waals surface area (Å²) in [5, 5.41) is 1.09. The molecule has 0 aliphatic heterocycles. The summed E-state index contributed by atoms with van der Waals surface area (Å²) >= 11 is 5.95. The van der Waals surface area contributed by atoms with Crippen molar-refractivity contribution in [2.75, 3.05) is 6.54 Å². The molecule has 5 nitrogen and oxygen atoms in total. The lowest BCUT2D eigenvalue weighted by Crippen LogP contribution is -2.28. The van der Waals surface area contributed by atoms with Crippen molar-refractivity contribution in [3.8, 4) is 0 Å². The summed E-state index contributed by atoms with van der Waals surface area (Å²) in [6, 6.07) is 12.0. The molecule has 2 N–H and O–H groups in total. The number of aryl methyl sites for hydroxylation is 2. The highest BCUT2D eigenvalue weighted by Gasteiger charge is 2.17. The smallest absolute Gasteiger partial charge is 0.251 e. The Bertz CT molecular complexity index is 1140. The molecular formula is C19H19ClN2O3S. The third-order valence-corrected chi connectivity index (χ3v) is 6.40. The molecule has 2 aromatic carbocycles. The maximum absolute atomic E-state index is 12.3. The molecule has 0 bridgehead atoms. The molecular weight excluding hydrogens is 372 g/mol. The van der Waals surface area contributed by atoms with Crippen LogP contribution in [-0.4, -0.2) is 19.9 Å². The molecule has 0 aliphatic carbocycles. The fourth-order valence-corrected chi connectivity index (χ4v) is 4.37. The highest BCUT2D eigenvalue weighted by molar-refractivity contribution is 7.89. The van der Waals surface area contributed by atoms with Crippen molar-refractivity contribution in [3.63, 3.8) is 0 Å². The molecule has 1 aromatic heterocycles. The topological polar surface area (TPSA) is 79.0 Å². The van der Waals surface area contributed by atoms with Gasteiger partial charge in [-0.25, -0.2) is 13.1 Å². The molecule has 0 aliphatic rings. The predicted octanol–water partition coefficient (Wildman–Crippen LogP) is 3.32. The number of hydrogen-bond donors (Lipinski definition) is 2. The lowest BCUT2D eigenvalue weighted by molar-refractivity contribution is 0.581. The summed E-state index contributed by atoms with van der Waals surface area (Å²) in [5.74, 6) is 0. The van der Waals surface area contributed by atoms with Crippen LogP contribution in [0.5, 0.6) is 0 Å². The van der Waals surface area contributed by atoms with Crippen LogP contribution in [-0.2, 0) is 16.4 Å². The van der Waals surface area contributed by atoms with Gasteiger partial charge in [-0.15, -0.1) is 0 Å². The van der Waals surface area contributed by atoms with Gasteiger partial charge in [0.1, 0.15) is 4.90 Å². The van der Waals surface area contributed by atoms with Crippen molar-refractivity contribution in [3.05, 3.63) is 74.5 Å². The van der Waals surface area contributed by atoms with Gasteiger partial charge in [-0.05, 0) is 55.0 Å². The minimum absolute atomic E-state index is 0.0280. The standard InChI is InChI=1S/C19H19ClN2O3S/c1-12-7-8-14-11-15(19(23)22-18(14)13(12)2)9-10-21-26(24,25)17-6-4-3-5-16(17)20/h3-8,11,21H,9-10H2,1-2H3,(H,22,23). The average Bonchev–Trinajstić information content (AvgIpc) is 2.59. The number of aromatic nitrogens is 1. The second-order valence-corrected chi connectivity index (χ2v) is 8.32. The maximum Gasteiger partial charge on any atom is 0.251 e. The van der Waals surface area contributed by atoms with E-state index in [0.717, 1.165) is 22.0 Å². The van der Waals surface area contributed by atoms with Crippen molar-refractivity contribution >= 4 is 32.5 Å². The molecule has 3 rings (SSSR count). The van der Waals surface area contributed by atoms with Crippen LogP contribution in [0, 0.1) is 13.8 Å². The molecule has 0 spiro atoms. The van der Waals surface area contributed by atoms with E-state index in [1.54, 1.807) is 12.1 Å². The minimum atomic E-state index is -3.72. The van der Waals surface area contributed by atoms with Crippen LogP contribution >= 0.6 is 11.6 Å². The summed E-state index contributed by atoms with van der Waals surface area (Å²) in [6.45, 7) is 4.06. The maximum atomic E-state index is 12.3. The normalized spacial score (nSPS) is 11.8. The highest BCUT2D eigenvalue weighted by Crippen LogP contribution is 2.21. The molecule has 0 saturated heterocycles. The molecule has 136 valence electrons. The predicted molar refractivity (Wildman–Crippen MR) is 104 cm³/mol. The van der Waals surface area contributed by atoms with E-state index in [4.69, 9.17) is 11.6 Å². The quantitative estimate of drug-likeness (QED) is 0.701. The Morgan fingerprint density at radius 1 is 1.12 bits per heavy atom. The Morgan fingerprint density at radius 2 is 1.85 bits per heavy atom. The zero-order valence-electron chi connectivity index (χ0n) is 14.5. The second-order valence-electron chi connectivity index (χ2n) is 6.17. The number of fused-ring (bicyclic) bond motifs is 1. The number of H-pyrrole nitrogens is 1. The van der Waals surface area contributed by atoms with E-state index in [1.807, 2.05) is 32.0 Å². The summed E-state index contributed by atoms with van der Waals surface area (Å²) in [6.07, 6.45) is 0.280. The summed E-state index contributed by atoms with van der Waals surface area (Å²) in [7, 11) is -3.72. The lowest BCUT2D eigenvalue weighted by atomic mass is 10.0. The van der Waals surface area contributed by atoms with Gasteiger partial charge in [0.15, 0.2) is 0 Å². The van der Waals surface area contributed by atoms with Gasteiger partial charge in [-0.1, -0.05) is 35.9 Å². The van der Waals surface area contributed by atoms with E-state index in [9.17, 15) is 13.2 Å². The minimum Gasteiger partial charge on any atom is -0.321 e. The lowest BCUT2D eigenvalue weighted by Gasteiger charge is -2.10.